The van der Waals surface area contributed by atoms with Gasteiger partial charge in [0, 0.05) is 39.1 Å². The maximum atomic E-state index is 12.9. The number of rotatable bonds is 3. The van der Waals surface area contributed by atoms with Gasteiger partial charge in [0.05, 0.1) is 11.6 Å². The Bertz CT molecular complexity index is 601. The smallest absolute Gasteiger partial charge is 0.260 e. The molecule has 0 radical (unpaired) electrons. The van der Waals surface area contributed by atoms with Crippen LogP contribution in [0.15, 0.2) is 24.3 Å². The second kappa shape index (κ2) is 5.65. The first-order valence-corrected chi connectivity index (χ1v) is 7.37. The van der Waals surface area contributed by atoms with Gasteiger partial charge in [-0.25, -0.2) is 8.78 Å². The SMILES string of the molecule is N#Cc1ccc(CN2CCN(C(=O)C3CC3(F)F)CC2)cc1. The van der Waals surface area contributed by atoms with Gasteiger partial charge in [-0.05, 0) is 17.7 Å². The first-order valence-electron chi connectivity index (χ1n) is 7.37. The molecule has 0 aromatic heterocycles. The number of nitrogens with zero attached hydrogens (tertiary/aromatic N) is 3. The van der Waals surface area contributed by atoms with Crippen molar-refractivity contribution in [3.05, 3.63) is 35.4 Å². The van der Waals surface area contributed by atoms with Gasteiger partial charge >= 0.3 is 0 Å². The maximum Gasteiger partial charge on any atom is 0.260 e. The van der Waals surface area contributed by atoms with Gasteiger partial charge in [0.1, 0.15) is 5.92 Å². The number of benzene rings is 1. The van der Waals surface area contributed by atoms with Crippen molar-refractivity contribution in [3.63, 3.8) is 0 Å². The van der Waals surface area contributed by atoms with E-state index >= 15 is 0 Å². The molecule has 0 bridgehead atoms. The monoisotopic (exact) mass is 305 g/mol. The predicted molar refractivity (Wildman–Crippen MR) is 76.1 cm³/mol. The third-order valence-corrected chi connectivity index (χ3v) is 4.30. The van der Waals surface area contributed by atoms with E-state index in [1.54, 1.807) is 17.0 Å². The van der Waals surface area contributed by atoms with Gasteiger partial charge in [0.25, 0.3) is 5.92 Å². The van der Waals surface area contributed by atoms with Crippen LogP contribution in [0.25, 0.3) is 0 Å². The quantitative estimate of drug-likeness (QED) is 0.856. The highest BCUT2D eigenvalue weighted by Crippen LogP contribution is 2.49. The van der Waals surface area contributed by atoms with E-state index in [9.17, 15) is 13.6 Å². The molecule has 22 heavy (non-hydrogen) atoms. The van der Waals surface area contributed by atoms with Gasteiger partial charge in [-0.15, -0.1) is 0 Å². The number of carbonyl (C=O) groups excluding carboxylic acids is 1. The van der Waals surface area contributed by atoms with E-state index in [1.807, 2.05) is 12.1 Å². The summed E-state index contributed by atoms with van der Waals surface area (Å²) in [7, 11) is 0. The molecule has 1 unspecified atom stereocenters. The molecule has 116 valence electrons. The van der Waals surface area contributed by atoms with E-state index in [0.717, 1.165) is 12.1 Å². The minimum absolute atomic E-state index is 0.294. The Labute approximate surface area is 127 Å². The van der Waals surface area contributed by atoms with E-state index in [-0.39, 0.29) is 6.42 Å². The molecule has 4 nitrogen and oxygen atoms in total. The third kappa shape index (κ3) is 3.09. The lowest BCUT2D eigenvalue weighted by molar-refractivity contribution is -0.136. The lowest BCUT2D eigenvalue weighted by Gasteiger charge is -2.34. The molecule has 1 aromatic rings. The molecule has 1 atom stereocenters. The van der Waals surface area contributed by atoms with Crippen molar-refractivity contribution in [2.45, 2.75) is 18.9 Å². The molecule has 1 aromatic carbocycles. The third-order valence-electron chi connectivity index (χ3n) is 4.30. The topological polar surface area (TPSA) is 47.3 Å². The van der Waals surface area contributed by atoms with Crippen molar-refractivity contribution in [2.24, 2.45) is 5.92 Å². The molecule has 2 fully saturated rings. The van der Waals surface area contributed by atoms with E-state index in [1.165, 1.54) is 0 Å². The minimum atomic E-state index is -2.78. The van der Waals surface area contributed by atoms with E-state index < -0.39 is 17.7 Å². The van der Waals surface area contributed by atoms with Crippen molar-refractivity contribution in [3.8, 4) is 6.07 Å². The molecule has 6 heteroatoms. The van der Waals surface area contributed by atoms with Crippen molar-refractivity contribution in [1.29, 1.82) is 5.26 Å². The Kier molecular flexibility index (Phi) is 3.83. The number of halogens is 2. The lowest BCUT2D eigenvalue weighted by atomic mass is 10.1. The van der Waals surface area contributed by atoms with E-state index in [4.69, 9.17) is 5.26 Å². The number of hydrogen-bond acceptors (Lipinski definition) is 3. The van der Waals surface area contributed by atoms with Gasteiger partial charge < -0.3 is 4.90 Å². The number of hydrogen-bond donors (Lipinski definition) is 0. The van der Waals surface area contributed by atoms with Gasteiger partial charge in [-0.1, -0.05) is 12.1 Å². The van der Waals surface area contributed by atoms with Gasteiger partial charge in [0.15, 0.2) is 0 Å². The summed E-state index contributed by atoms with van der Waals surface area (Å²) in [5.41, 5.74) is 1.73. The van der Waals surface area contributed by atoms with Crippen molar-refractivity contribution < 1.29 is 13.6 Å². The van der Waals surface area contributed by atoms with Crippen LogP contribution in [0.5, 0.6) is 0 Å². The fraction of sp³-hybridized carbons (Fsp3) is 0.500. The van der Waals surface area contributed by atoms with Crippen LogP contribution in [-0.4, -0.2) is 47.8 Å². The summed E-state index contributed by atoms with van der Waals surface area (Å²) in [6.45, 7) is 3.12. The molecule has 1 saturated heterocycles. The van der Waals surface area contributed by atoms with Crippen LogP contribution in [0.2, 0.25) is 0 Å². The number of nitriles is 1. The van der Waals surface area contributed by atoms with Crippen LogP contribution in [0.1, 0.15) is 17.5 Å². The molecule has 2 aliphatic rings. The number of carbonyl (C=O) groups is 1. The summed E-state index contributed by atoms with van der Waals surface area (Å²) in [4.78, 5) is 15.7. The Hall–Kier alpha value is -2.00. The second-order valence-corrected chi connectivity index (χ2v) is 5.93. The van der Waals surface area contributed by atoms with Crippen LogP contribution in [0.3, 0.4) is 0 Å². The molecule has 1 aliphatic carbocycles. The van der Waals surface area contributed by atoms with Crippen molar-refractivity contribution in [1.82, 2.24) is 9.80 Å². The Morgan fingerprint density at radius 2 is 1.82 bits per heavy atom. The molecule has 1 heterocycles. The van der Waals surface area contributed by atoms with E-state index in [0.29, 0.717) is 31.7 Å². The number of alkyl halides is 2. The van der Waals surface area contributed by atoms with Crippen molar-refractivity contribution >= 4 is 5.91 Å². The van der Waals surface area contributed by atoms with Gasteiger partial charge in [0.2, 0.25) is 5.91 Å². The number of amides is 1. The molecular weight excluding hydrogens is 288 g/mol. The first-order chi connectivity index (χ1) is 10.5. The highest BCUT2D eigenvalue weighted by Gasteiger charge is 2.62. The van der Waals surface area contributed by atoms with Crippen LogP contribution in [0.4, 0.5) is 8.78 Å². The summed E-state index contributed by atoms with van der Waals surface area (Å²) < 4.78 is 25.9. The molecular formula is C16H17F2N3O. The van der Waals surface area contributed by atoms with E-state index in [2.05, 4.69) is 11.0 Å². The zero-order valence-corrected chi connectivity index (χ0v) is 12.1. The summed E-state index contributed by atoms with van der Waals surface area (Å²) in [5, 5.41) is 8.77. The zero-order valence-electron chi connectivity index (χ0n) is 12.1. The predicted octanol–water partition coefficient (Wildman–Crippen LogP) is 1.86. The molecule has 1 aliphatic heterocycles. The fourth-order valence-electron chi connectivity index (χ4n) is 2.77. The highest BCUT2D eigenvalue weighted by molar-refractivity contribution is 5.83. The lowest BCUT2D eigenvalue weighted by Crippen LogP contribution is -2.49. The highest BCUT2D eigenvalue weighted by atomic mass is 19.3. The maximum absolute atomic E-state index is 12.9. The zero-order chi connectivity index (χ0) is 15.7. The number of piperazine rings is 1. The van der Waals surface area contributed by atoms with Crippen LogP contribution in [0, 0.1) is 17.2 Å². The Morgan fingerprint density at radius 3 is 2.32 bits per heavy atom. The summed E-state index contributed by atoms with van der Waals surface area (Å²) >= 11 is 0. The summed E-state index contributed by atoms with van der Waals surface area (Å²) in [5.74, 6) is -4.27. The minimum Gasteiger partial charge on any atom is -0.340 e. The van der Waals surface area contributed by atoms with Gasteiger partial charge in [-0.3, -0.25) is 9.69 Å². The molecule has 1 amide bonds. The first kappa shape index (κ1) is 14.9. The standard InChI is InChI=1S/C16H17F2N3O/c17-16(18)9-14(16)15(22)21-7-5-20(6-8-21)11-13-3-1-12(10-19)2-4-13/h1-4,14H,5-9,11H2. The Morgan fingerprint density at radius 1 is 1.23 bits per heavy atom. The van der Waals surface area contributed by atoms with Crippen LogP contribution in [-0.2, 0) is 11.3 Å². The van der Waals surface area contributed by atoms with Gasteiger partial charge in [-0.2, -0.15) is 5.26 Å². The molecule has 1 saturated carbocycles. The van der Waals surface area contributed by atoms with Crippen LogP contribution < -0.4 is 0 Å². The van der Waals surface area contributed by atoms with Crippen LogP contribution >= 0.6 is 0 Å². The summed E-state index contributed by atoms with van der Waals surface area (Å²) in [6.07, 6.45) is -0.294. The fourth-order valence-corrected chi connectivity index (χ4v) is 2.77. The normalized spacial score (nSPS) is 23.9. The molecule has 3 rings (SSSR count). The Balaban J connectivity index is 1.49. The average molecular weight is 305 g/mol. The van der Waals surface area contributed by atoms with Crippen molar-refractivity contribution in [2.75, 3.05) is 26.2 Å². The molecule has 0 N–H and O–H groups in total. The average Bonchev–Trinajstić information content (AvgIpc) is 3.17. The second-order valence-electron chi connectivity index (χ2n) is 5.93. The summed E-state index contributed by atoms with van der Waals surface area (Å²) in [6, 6.07) is 9.48. The largest absolute Gasteiger partial charge is 0.340 e. The molecule has 0 spiro atoms.